The summed E-state index contributed by atoms with van der Waals surface area (Å²) >= 11 is 7.41. The minimum Gasteiger partial charge on any atom is -0.344 e. The van der Waals surface area contributed by atoms with E-state index in [0.717, 1.165) is 11.3 Å². The summed E-state index contributed by atoms with van der Waals surface area (Å²) < 4.78 is 1.41. The summed E-state index contributed by atoms with van der Waals surface area (Å²) in [5.74, 6) is -0.313. The largest absolute Gasteiger partial charge is 0.344 e. The van der Waals surface area contributed by atoms with Crippen molar-refractivity contribution in [1.29, 1.82) is 0 Å². The highest BCUT2D eigenvalue weighted by molar-refractivity contribution is 7.17. The van der Waals surface area contributed by atoms with Crippen LogP contribution in [0.15, 0.2) is 65.6 Å². The summed E-state index contributed by atoms with van der Waals surface area (Å²) in [6, 6.07) is 15.8. The molecule has 0 aliphatic carbocycles. The number of hydrogen-bond acceptors (Lipinski definition) is 6. The first-order valence-corrected chi connectivity index (χ1v) is 11.2. The maximum Gasteiger partial charge on any atom is 0.280 e. The lowest BCUT2D eigenvalue weighted by Crippen LogP contribution is -2.23. The Bertz CT molecular complexity index is 1320. The fourth-order valence-corrected chi connectivity index (χ4v) is 4.25. The Morgan fingerprint density at radius 2 is 2.00 bits per heavy atom. The van der Waals surface area contributed by atoms with E-state index in [9.17, 15) is 9.59 Å². The number of thiazole rings is 1. The van der Waals surface area contributed by atoms with E-state index in [4.69, 9.17) is 11.6 Å². The zero-order valence-corrected chi connectivity index (χ0v) is 19.0. The molecule has 1 amide bonds. The first-order chi connectivity index (χ1) is 15.4. The van der Waals surface area contributed by atoms with Gasteiger partial charge in [0, 0.05) is 22.8 Å². The number of halogens is 1. The number of pyridine rings is 1. The molecule has 4 aromatic rings. The van der Waals surface area contributed by atoms with Gasteiger partial charge < -0.3 is 5.32 Å². The zero-order valence-electron chi connectivity index (χ0n) is 17.4. The standard InChI is InChI=1S/C23H20ClN5O2S/c1-14(2)29-19(30)10-9-18(28-29)21-20(15-6-5-7-16(24)12-15)27-23(32-21)22(31)26-13-17-8-3-4-11-25-17/h3-12,14H,13H2,1-2H3,(H,26,31). The molecule has 1 N–H and O–H groups in total. The molecular formula is C23H20ClN5O2S. The molecule has 0 saturated heterocycles. The summed E-state index contributed by atoms with van der Waals surface area (Å²) in [6.45, 7) is 4.07. The number of carbonyl (C=O) groups excluding carboxylic acids is 1. The van der Waals surface area contributed by atoms with Gasteiger partial charge in [-0.15, -0.1) is 11.3 Å². The number of hydrogen-bond donors (Lipinski definition) is 1. The number of nitrogens with one attached hydrogen (secondary N) is 1. The molecule has 7 nitrogen and oxygen atoms in total. The van der Waals surface area contributed by atoms with Crippen LogP contribution in [0.1, 0.15) is 35.4 Å². The van der Waals surface area contributed by atoms with Crippen molar-refractivity contribution in [2.45, 2.75) is 26.4 Å². The average molecular weight is 466 g/mol. The maximum absolute atomic E-state index is 12.8. The number of carbonyl (C=O) groups is 1. The van der Waals surface area contributed by atoms with Crippen LogP contribution >= 0.6 is 22.9 Å². The fourth-order valence-electron chi connectivity index (χ4n) is 3.09. The average Bonchev–Trinajstić information content (AvgIpc) is 3.24. The Morgan fingerprint density at radius 1 is 1.16 bits per heavy atom. The zero-order chi connectivity index (χ0) is 22.7. The van der Waals surface area contributed by atoms with Crippen molar-refractivity contribution in [3.63, 3.8) is 0 Å². The molecule has 4 rings (SSSR count). The van der Waals surface area contributed by atoms with Gasteiger partial charge in [-0.1, -0.05) is 29.8 Å². The van der Waals surface area contributed by atoms with E-state index in [1.165, 1.54) is 22.1 Å². The molecule has 0 aliphatic rings. The summed E-state index contributed by atoms with van der Waals surface area (Å²) in [5, 5.41) is 8.22. The van der Waals surface area contributed by atoms with Crippen molar-refractivity contribution < 1.29 is 4.79 Å². The number of nitrogens with zero attached hydrogens (tertiary/aromatic N) is 4. The van der Waals surface area contributed by atoms with Gasteiger partial charge in [0.15, 0.2) is 5.01 Å². The second-order valence-electron chi connectivity index (χ2n) is 7.31. The van der Waals surface area contributed by atoms with Crippen LogP contribution in [0.4, 0.5) is 0 Å². The monoisotopic (exact) mass is 465 g/mol. The molecule has 1 aromatic carbocycles. The summed E-state index contributed by atoms with van der Waals surface area (Å²) in [4.78, 5) is 34.5. The van der Waals surface area contributed by atoms with Gasteiger partial charge >= 0.3 is 0 Å². The summed E-state index contributed by atoms with van der Waals surface area (Å²) in [5.41, 5.74) is 2.47. The molecule has 162 valence electrons. The molecule has 3 aromatic heterocycles. The number of benzene rings is 1. The third kappa shape index (κ3) is 4.76. The molecule has 0 radical (unpaired) electrons. The molecule has 0 fully saturated rings. The van der Waals surface area contributed by atoms with E-state index >= 15 is 0 Å². The normalized spacial score (nSPS) is 11.0. The molecule has 0 saturated carbocycles. The van der Waals surface area contributed by atoms with E-state index in [1.54, 1.807) is 24.4 Å². The summed E-state index contributed by atoms with van der Waals surface area (Å²) in [7, 11) is 0. The van der Waals surface area contributed by atoms with Crippen LogP contribution in [0.2, 0.25) is 5.02 Å². The van der Waals surface area contributed by atoms with Crippen molar-refractivity contribution in [2.75, 3.05) is 0 Å². The van der Waals surface area contributed by atoms with Gasteiger partial charge in [-0.25, -0.2) is 9.67 Å². The maximum atomic E-state index is 12.8. The van der Waals surface area contributed by atoms with Gasteiger partial charge in [0.2, 0.25) is 0 Å². The van der Waals surface area contributed by atoms with Crippen molar-refractivity contribution in [2.24, 2.45) is 0 Å². The molecule has 3 heterocycles. The van der Waals surface area contributed by atoms with Crippen molar-refractivity contribution >= 4 is 28.8 Å². The third-order valence-corrected chi connectivity index (χ3v) is 5.93. The van der Waals surface area contributed by atoms with Crippen molar-refractivity contribution in [3.8, 4) is 21.8 Å². The van der Waals surface area contributed by atoms with Crippen molar-refractivity contribution in [3.05, 3.63) is 86.9 Å². The molecular weight excluding hydrogens is 446 g/mol. The van der Waals surface area contributed by atoms with Crippen LogP contribution < -0.4 is 10.9 Å². The van der Waals surface area contributed by atoms with Crippen LogP contribution in [-0.2, 0) is 6.54 Å². The van der Waals surface area contributed by atoms with E-state index in [-0.39, 0.29) is 29.1 Å². The van der Waals surface area contributed by atoms with Gasteiger partial charge in [-0.2, -0.15) is 5.10 Å². The van der Waals surface area contributed by atoms with Gasteiger partial charge in [-0.05, 0) is 44.2 Å². The Kier molecular flexibility index (Phi) is 6.43. The second-order valence-corrected chi connectivity index (χ2v) is 8.74. The second kappa shape index (κ2) is 9.42. The molecule has 0 aliphatic heterocycles. The lowest BCUT2D eigenvalue weighted by molar-refractivity contribution is 0.0950. The SMILES string of the molecule is CC(C)n1nc(-c2sc(C(=O)NCc3ccccn3)nc2-c2cccc(Cl)c2)ccc1=O. The van der Waals surface area contributed by atoms with Gasteiger partial charge in [-0.3, -0.25) is 14.6 Å². The smallest absolute Gasteiger partial charge is 0.280 e. The summed E-state index contributed by atoms with van der Waals surface area (Å²) in [6.07, 6.45) is 1.68. The van der Waals surface area contributed by atoms with E-state index in [0.29, 0.717) is 21.3 Å². The van der Waals surface area contributed by atoms with Gasteiger partial charge in [0.25, 0.3) is 11.5 Å². The first-order valence-electron chi connectivity index (χ1n) is 9.97. The quantitative estimate of drug-likeness (QED) is 0.449. The molecule has 0 unspecified atom stereocenters. The van der Waals surface area contributed by atoms with Crippen molar-refractivity contribution in [1.82, 2.24) is 25.1 Å². The Balaban J connectivity index is 1.75. The number of amides is 1. The van der Waals surface area contributed by atoms with Gasteiger partial charge in [0.05, 0.1) is 28.9 Å². The third-order valence-electron chi connectivity index (χ3n) is 4.62. The Morgan fingerprint density at radius 3 is 2.72 bits per heavy atom. The Hall–Kier alpha value is -3.36. The molecule has 0 bridgehead atoms. The predicted molar refractivity (Wildman–Crippen MR) is 126 cm³/mol. The van der Waals surface area contributed by atoms with Crippen LogP contribution in [0.25, 0.3) is 21.8 Å². The van der Waals surface area contributed by atoms with Crippen LogP contribution in [0.3, 0.4) is 0 Å². The first kappa shape index (κ1) is 21.9. The minimum absolute atomic E-state index is 0.105. The molecule has 0 atom stereocenters. The topological polar surface area (TPSA) is 89.8 Å². The van der Waals surface area contributed by atoms with E-state index in [1.807, 2.05) is 44.2 Å². The van der Waals surface area contributed by atoms with Crippen LogP contribution in [0, 0.1) is 0 Å². The fraction of sp³-hybridized carbons (Fsp3) is 0.174. The highest BCUT2D eigenvalue weighted by Crippen LogP contribution is 2.36. The van der Waals surface area contributed by atoms with Crippen LogP contribution in [0.5, 0.6) is 0 Å². The lowest BCUT2D eigenvalue weighted by atomic mass is 10.1. The predicted octanol–water partition coefficient (Wildman–Crippen LogP) is 4.59. The van der Waals surface area contributed by atoms with Gasteiger partial charge in [0.1, 0.15) is 5.69 Å². The van der Waals surface area contributed by atoms with E-state index < -0.39 is 0 Å². The minimum atomic E-state index is -0.313. The van der Waals surface area contributed by atoms with Crippen LogP contribution in [-0.4, -0.2) is 25.7 Å². The lowest BCUT2D eigenvalue weighted by Gasteiger charge is -2.10. The Labute approximate surface area is 193 Å². The highest BCUT2D eigenvalue weighted by atomic mass is 35.5. The van der Waals surface area contributed by atoms with E-state index in [2.05, 4.69) is 20.4 Å². The number of aromatic nitrogens is 4. The number of rotatable bonds is 6. The molecule has 9 heteroatoms. The molecule has 32 heavy (non-hydrogen) atoms. The highest BCUT2D eigenvalue weighted by Gasteiger charge is 2.21. The molecule has 0 spiro atoms.